The summed E-state index contributed by atoms with van der Waals surface area (Å²) < 4.78 is 27.0. The molecule has 0 unspecified atom stereocenters. The third-order valence-electron chi connectivity index (χ3n) is 3.93. The third kappa shape index (κ3) is 5.41. The maximum Gasteiger partial charge on any atom is 0.243 e. The van der Waals surface area contributed by atoms with Crippen LogP contribution < -0.4 is 5.32 Å². The van der Waals surface area contributed by atoms with E-state index in [1.54, 1.807) is 24.3 Å². The molecule has 0 radical (unpaired) electrons. The van der Waals surface area contributed by atoms with E-state index in [1.807, 2.05) is 44.2 Å². The van der Waals surface area contributed by atoms with E-state index in [-0.39, 0.29) is 17.2 Å². The van der Waals surface area contributed by atoms with Crippen LogP contribution in [0.4, 0.5) is 5.69 Å². The monoisotopic (exact) mass is 374 g/mol. The summed E-state index contributed by atoms with van der Waals surface area (Å²) in [7, 11) is -3.50. The lowest BCUT2D eigenvalue weighted by molar-refractivity contribution is -0.115. The van der Waals surface area contributed by atoms with Crippen molar-refractivity contribution < 1.29 is 13.2 Å². The zero-order chi connectivity index (χ0) is 19.0. The van der Waals surface area contributed by atoms with Crippen molar-refractivity contribution in [1.82, 2.24) is 4.31 Å². The normalized spacial score (nSPS) is 11.5. The average molecular weight is 375 g/mol. The Morgan fingerprint density at radius 3 is 2.04 bits per heavy atom. The fraction of sp³-hybridized carbons (Fsp3) is 0.350. The van der Waals surface area contributed by atoms with Gasteiger partial charge in [0, 0.05) is 18.8 Å². The number of rotatable bonds is 9. The first-order chi connectivity index (χ1) is 12.5. The van der Waals surface area contributed by atoms with Gasteiger partial charge < -0.3 is 5.32 Å². The molecule has 0 heterocycles. The number of benzene rings is 2. The Hall–Kier alpha value is -2.18. The molecule has 0 aliphatic carbocycles. The molecule has 140 valence electrons. The van der Waals surface area contributed by atoms with E-state index in [0.717, 1.165) is 18.4 Å². The van der Waals surface area contributed by atoms with Crippen molar-refractivity contribution in [2.45, 2.75) is 38.0 Å². The first kappa shape index (κ1) is 20.1. The summed E-state index contributed by atoms with van der Waals surface area (Å²) in [5, 5.41) is 2.80. The number of amides is 1. The number of nitrogens with one attached hydrogen (secondary N) is 1. The van der Waals surface area contributed by atoms with Crippen LogP contribution in [0.15, 0.2) is 59.5 Å². The maximum atomic E-state index is 12.7. The molecule has 0 aromatic heterocycles. The van der Waals surface area contributed by atoms with E-state index >= 15 is 0 Å². The number of anilines is 1. The molecule has 0 saturated carbocycles. The van der Waals surface area contributed by atoms with Gasteiger partial charge in [0.05, 0.1) is 11.3 Å². The van der Waals surface area contributed by atoms with Crippen LogP contribution in [0.25, 0.3) is 0 Å². The smallest absolute Gasteiger partial charge is 0.243 e. The van der Waals surface area contributed by atoms with Crippen LogP contribution in [0.5, 0.6) is 0 Å². The predicted octanol–water partition coefficient (Wildman–Crippen LogP) is 3.68. The second kappa shape index (κ2) is 9.50. The van der Waals surface area contributed by atoms with Crippen LogP contribution in [0, 0.1) is 0 Å². The van der Waals surface area contributed by atoms with E-state index in [1.165, 1.54) is 4.31 Å². The zero-order valence-corrected chi connectivity index (χ0v) is 16.1. The lowest BCUT2D eigenvalue weighted by Gasteiger charge is -2.21. The first-order valence-electron chi connectivity index (χ1n) is 8.91. The van der Waals surface area contributed by atoms with Crippen LogP contribution in [0.3, 0.4) is 0 Å². The van der Waals surface area contributed by atoms with Gasteiger partial charge in [-0.2, -0.15) is 4.31 Å². The van der Waals surface area contributed by atoms with E-state index in [4.69, 9.17) is 0 Å². The molecule has 5 nitrogen and oxygen atoms in total. The van der Waals surface area contributed by atoms with Crippen molar-refractivity contribution in [2.75, 3.05) is 18.4 Å². The minimum atomic E-state index is -3.50. The fourth-order valence-corrected chi connectivity index (χ4v) is 4.32. The Morgan fingerprint density at radius 1 is 0.923 bits per heavy atom. The highest BCUT2D eigenvalue weighted by Gasteiger charge is 2.22. The molecular weight excluding hydrogens is 348 g/mol. The number of nitrogens with zero attached hydrogens (tertiary/aromatic N) is 1. The van der Waals surface area contributed by atoms with Crippen LogP contribution >= 0.6 is 0 Å². The minimum Gasteiger partial charge on any atom is -0.326 e. The van der Waals surface area contributed by atoms with Crippen molar-refractivity contribution in [1.29, 1.82) is 0 Å². The number of hydrogen-bond donors (Lipinski definition) is 1. The summed E-state index contributed by atoms with van der Waals surface area (Å²) in [5.74, 6) is -0.134. The van der Waals surface area contributed by atoms with Gasteiger partial charge in [-0.25, -0.2) is 8.42 Å². The van der Waals surface area contributed by atoms with Crippen molar-refractivity contribution in [3.8, 4) is 0 Å². The molecule has 2 rings (SSSR count). The van der Waals surface area contributed by atoms with Gasteiger partial charge in [-0.15, -0.1) is 0 Å². The third-order valence-corrected chi connectivity index (χ3v) is 5.84. The highest BCUT2D eigenvalue weighted by atomic mass is 32.2. The summed E-state index contributed by atoms with van der Waals surface area (Å²) in [6.07, 6.45) is 1.82. The lowest BCUT2D eigenvalue weighted by Crippen LogP contribution is -2.32. The molecule has 0 fully saturated rings. The topological polar surface area (TPSA) is 66.5 Å². The Balaban J connectivity index is 2.06. The van der Waals surface area contributed by atoms with Gasteiger partial charge in [0.25, 0.3) is 0 Å². The molecule has 0 bridgehead atoms. The standard InChI is InChI=1S/C20H26N2O3S/c1-3-14-22(15-4-2)26(24,25)19-12-10-18(11-13-19)21-20(23)16-17-8-6-5-7-9-17/h5-13H,3-4,14-16H2,1-2H3,(H,21,23). The highest BCUT2D eigenvalue weighted by Crippen LogP contribution is 2.19. The van der Waals surface area contributed by atoms with Gasteiger partial charge in [0.2, 0.25) is 15.9 Å². The summed E-state index contributed by atoms with van der Waals surface area (Å²) >= 11 is 0. The number of carbonyl (C=O) groups is 1. The van der Waals surface area contributed by atoms with Gasteiger partial charge in [-0.3, -0.25) is 4.79 Å². The van der Waals surface area contributed by atoms with Gasteiger partial charge in [0.1, 0.15) is 0 Å². The van der Waals surface area contributed by atoms with Crippen LogP contribution in [0.2, 0.25) is 0 Å². The van der Waals surface area contributed by atoms with E-state index in [9.17, 15) is 13.2 Å². The molecule has 2 aromatic rings. The van der Waals surface area contributed by atoms with Crippen molar-refractivity contribution in [3.63, 3.8) is 0 Å². The van der Waals surface area contributed by atoms with Gasteiger partial charge in [0.15, 0.2) is 0 Å². The van der Waals surface area contributed by atoms with E-state index in [0.29, 0.717) is 18.8 Å². The molecule has 2 aromatic carbocycles. The molecule has 26 heavy (non-hydrogen) atoms. The summed E-state index contributed by atoms with van der Waals surface area (Å²) in [5.41, 5.74) is 1.52. The molecule has 0 aliphatic rings. The molecule has 0 spiro atoms. The molecule has 0 atom stereocenters. The minimum absolute atomic E-state index is 0.134. The van der Waals surface area contributed by atoms with Crippen LogP contribution in [-0.2, 0) is 21.2 Å². The Labute approximate surface area is 156 Å². The Kier molecular flexibility index (Phi) is 7.36. The Bertz CT molecular complexity index is 797. The molecular formula is C20H26N2O3S. The summed E-state index contributed by atoms with van der Waals surface area (Å²) in [4.78, 5) is 12.4. The second-order valence-electron chi connectivity index (χ2n) is 6.14. The molecule has 0 aliphatic heterocycles. The maximum absolute atomic E-state index is 12.7. The average Bonchev–Trinajstić information content (AvgIpc) is 2.62. The molecule has 1 amide bonds. The van der Waals surface area contributed by atoms with Crippen LogP contribution in [0.1, 0.15) is 32.3 Å². The van der Waals surface area contributed by atoms with Crippen LogP contribution in [-0.4, -0.2) is 31.7 Å². The predicted molar refractivity (Wildman–Crippen MR) is 105 cm³/mol. The second-order valence-corrected chi connectivity index (χ2v) is 8.08. The lowest BCUT2D eigenvalue weighted by atomic mass is 10.1. The van der Waals surface area contributed by atoms with E-state index in [2.05, 4.69) is 5.32 Å². The molecule has 6 heteroatoms. The quantitative estimate of drug-likeness (QED) is 0.728. The molecule has 1 N–H and O–H groups in total. The zero-order valence-electron chi connectivity index (χ0n) is 15.3. The fourth-order valence-electron chi connectivity index (χ4n) is 2.70. The first-order valence-corrected chi connectivity index (χ1v) is 10.4. The van der Waals surface area contributed by atoms with Crippen molar-refractivity contribution in [3.05, 3.63) is 60.2 Å². The number of hydrogen-bond acceptors (Lipinski definition) is 3. The molecule has 0 saturated heterocycles. The van der Waals surface area contributed by atoms with Gasteiger partial charge in [-0.1, -0.05) is 44.2 Å². The van der Waals surface area contributed by atoms with Gasteiger partial charge in [-0.05, 0) is 42.7 Å². The summed E-state index contributed by atoms with van der Waals surface area (Å²) in [6.45, 7) is 4.94. The van der Waals surface area contributed by atoms with E-state index < -0.39 is 10.0 Å². The van der Waals surface area contributed by atoms with Gasteiger partial charge >= 0.3 is 0 Å². The Morgan fingerprint density at radius 2 is 1.50 bits per heavy atom. The number of sulfonamides is 1. The SMILES string of the molecule is CCCN(CCC)S(=O)(=O)c1ccc(NC(=O)Cc2ccccc2)cc1. The van der Waals surface area contributed by atoms with Crippen molar-refractivity contribution >= 4 is 21.6 Å². The largest absolute Gasteiger partial charge is 0.326 e. The van der Waals surface area contributed by atoms with Crippen molar-refractivity contribution in [2.24, 2.45) is 0 Å². The number of carbonyl (C=O) groups excluding carboxylic acids is 1. The highest BCUT2D eigenvalue weighted by molar-refractivity contribution is 7.89. The summed E-state index contributed by atoms with van der Waals surface area (Å²) in [6, 6.07) is 15.8.